The molecule has 2 heterocycles. The van der Waals surface area contributed by atoms with E-state index in [1.807, 2.05) is 0 Å². The molecule has 1 spiro atoms. The van der Waals surface area contributed by atoms with Crippen LogP contribution in [-0.2, 0) is 14.8 Å². The second kappa shape index (κ2) is 5.61. The van der Waals surface area contributed by atoms with Crippen LogP contribution in [-0.4, -0.2) is 44.1 Å². The minimum Gasteiger partial charge on any atom is -0.441 e. The summed E-state index contributed by atoms with van der Waals surface area (Å²) in [6.07, 6.45) is 0.337. The minimum atomic E-state index is -3.82. The fourth-order valence-corrected chi connectivity index (χ4v) is 4.90. The number of benzene rings is 1. The summed E-state index contributed by atoms with van der Waals surface area (Å²) >= 11 is 5.92. The van der Waals surface area contributed by atoms with E-state index in [-0.39, 0.29) is 28.6 Å². The molecule has 0 unspecified atom stereocenters. The Morgan fingerprint density at radius 3 is 2.57 bits per heavy atom. The van der Waals surface area contributed by atoms with Crippen LogP contribution >= 0.6 is 11.6 Å². The van der Waals surface area contributed by atoms with Crippen molar-refractivity contribution in [2.75, 3.05) is 19.6 Å². The number of hydrogen-bond donors (Lipinski definition) is 1. The molecule has 2 aliphatic rings. The van der Waals surface area contributed by atoms with Crippen molar-refractivity contribution in [1.29, 1.82) is 0 Å². The first-order chi connectivity index (χ1) is 10.7. The first-order valence-corrected chi connectivity index (χ1v) is 8.98. The topological polar surface area (TPSA) is 75.7 Å². The molecule has 1 aromatic carbocycles. The molecule has 2 saturated heterocycles. The number of halogens is 2. The van der Waals surface area contributed by atoms with E-state index < -0.39 is 27.5 Å². The zero-order valence-corrected chi connectivity index (χ0v) is 14.0. The Kier molecular flexibility index (Phi) is 4.02. The Morgan fingerprint density at radius 2 is 2.00 bits per heavy atom. The summed E-state index contributed by atoms with van der Waals surface area (Å²) in [7, 11) is -3.82. The number of hydrogen-bond acceptors (Lipinski definition) is 4. The summed E-state index contributed by atoms with van der Waals surface area (Å²) in [4.78, 5) is 11.1. The highest BCUT2D eigenvalue weighted by Crippen LogP contribution is 2.34. The molecule has 126 valence electrons. The molecule has 0 radical (unpaired) electrons. The second-order valence-corrected chi connectivity index (χ2v) is 8.18. The SMILES string of the molecule is Cc1cc(S(=O)(=O)N2CCC3(CC2)CNC(=O)O3)c(Cl)cc1F. The number of sulfonamides is 1. The van der Waals surface area contributed by atoms with Crippen molar-refractivity contribution in [3.63, 3.8) is 0 Å². The van der Waals surface area contributed by atoms with Gasteiger partial charge in [0.1, 0.15) is 16.3 Å². The van der Waals surface area contributed by atoms with Crippen molar-refractivity contribution in [1.82, 2.24) is 9.62 Å². The maximum absolute atomic E-state index is 13.5. The van der Waals surface area contributed by atoms with Crippen molar-refractivity contribution >= 4 is 27.7 Å². The largest absolute Gasteiger partial charge is 0.441 e. The van der Waals surface area contributed by atoms with Crippen LogP contribution in [0.5, 0.6) is 0 Å². The van der Waals surface area contributed by atoms with Crippen LogP contribution < -0.4 is 5.32 Å². The number of alkyl carbamates (subject to hydrolysis) is 1. The molecule has 2 fully saturated rings. The third-order valence-corrected chi connectivity index (χ3v) is 6.69. The molecule has 2 aliphatic heterocycles. The fraction of sp³-hybridized carbons (Fsp3) is 0.500. The molecule has 1 N–H and O–H groups in total. The molecule has 23 heavy (non-hydrogen) atoms. The van der Waals surface area contributed by atoms with E-state index in [4.69, 9.17) is 16.3 Å². The van der Waals surface area contributed by atoms with Gasteiger partial charge in [-0.05, 0) is 24.6 Å². The molecule has 1 amide bonds. The number of amides is 1. The molecule has 9 heteroatoms. The van der Waals surface area contributed by atoms with Crippen molar-refractivity contribution in [2.45, 2.75) is 30.3 Å². The molecule has 0 atom stereocenters. The smallest absolute Gasteiger partial charge is 0.407 e. The Bertz CT molecular complexity index is 760. The third kappa shape index (κ3) is 2.90. The number of piperidine rings is 1. The first-order valence-electron chi connectivity index (χ1n) is 7.16. The van der Waals surface area contributed by atoms with Gasteiger partial charge in [-0.25, -0.2) is 17.6 Å². The van der Waals surface area contributed by atoms with Gasteiger partial charge in [0.25, 0.3) is 0 Å². The number of ether oxygens (including phenoxy) is 1. The van der Waals surface area contributed by atoms with E-state index in [2.05, 4.69) is 5.32 Å². The predicted molar refractivity (Wildman–Crippen MR) is 81.4 cm³/mol. The number of aryl methyl sites for hydroxylation is 1. The van der Waals surface area contributed by atoms with Crippen molar-refractivity contribution in [2.24, 2.45) is 0 Å². The van der Waals surface area contributed by atoms with Gasteiger partial charge < -0.3 is 10.1 Å². The van der Waals surface area contributed by atoms with Gasteiger partial charge in [0, 0.05) is 25.9 Å². The zero-order valence-electron chi connectivity index (χ0n) is 12.4. The van der Waals surface area contributed by atoms with Crippen molar-refractivity contribution in [3.8, 4) is 0 Å². The number of carbonyl (C=O) groups is 1. The molecule has 0 aromatic heterocycles. The van der Waals surface area contributed by atoms with Crippen LogP contribution in [0.25, 0.3) is 0 Å². The van der Waals surface area contributed by atoms with Gasteiger partial charge in [0.15, 0.2) is 0 Å². The summed E-state index contributed by atoms with van der Waals surface area (Å²) in [5, 5.41) is 2.46. The van der Waals surface area contributed by atoms with E-state index >= 15 is 0 Å². The summed E-state index contributed by atoms with van der Waals surface area (Å²) in [6, 6.07) is 2.26. The van der Waals surface area contributed by atoms with Gasteiger partial charge in [-0.15, -0.1) is 0 Å². The minimum absolute atomic E-state index is 0.101. The lowest BCUT2D eigenvalue weighted by molar-refractivity contribution is 0.0173. The van der Waals surface area contributed by atoms with Crippen LogP contribution in [0, 0.1) is 12.7 Å². The van der Waals surface area contributed by atoms with Crippen LogP contribution in [0.2, 0.25) is 5.02 Å². The lowest BCUT2D eigenvalue weighted by Crippen LogP contribution is -2.48. The summed E-state index contributed by atoms with van der Waals surface area (Å²) in [6.45, 7) is 2.30. The molecule has 6 nitrogen and oxygen atoms in total. The Morgan fingerprint density at radius 1 is 1.35 bits per heavy atom. The molecule has 0 saturated carbocycles. The number of nitrogens with one attached hydrogen (secondary N) is 1. The van der Waals surface area contributed by atoms with E-state index in [0.29, 0.717) is 19.4 Å². The Hall–Kier alpha value is -1.38. The van der Waals surface area contributed by atoms with Gasteiger partial charge >= 0.3 is 6.09 Å². The third-order valence-electron chi connectivity index (χ3n) is 4.33. The average molecular weight is 363 g/mol. The first kappa shape index (κ1) is 16.5. The van der Waals surface area contributed by atoms with Gasteiger partial charge in [-0.1, -0.05) is 11.6 Å². The maximum Gasteiger partial charge on any atom is 0.407 e. The Labute approximate surface area is 138 Å². The van der Waals surface area contributed by atoms with Crippen LogP contribution in [0.3, 0.4) is 0 Å². The molecule has 0 bridgehead atoms. The summed E-state index contributed by atoms with van der Waals surface area (Å²) in [5.41, 5.74) is -0.415. The van der Waals surface area contributed by atoms with Crippen molar-refractivity contribution < 1.29 is 22.3 Å². The normalized spacial score (nSPS) is 21.3. The summed E-state index contributed by atoms with van der Waals surface area (Å²) in [5.74, 6) is -0.546. The molecule has 1 aromatic rings. The lowest BCUT2D eigenvalue weighted by Gasteiger charge is -2.36. The van der Waals surface area contributed by atoms with Crippen LogP contribution in [0.1, 0.15) is 18.4 Å². The molecular weight excluding hydrogens is 347 g/mol. The van der Waals surface area contributed by atoms with Crippen LogP contribution in [0.15, 0.2) is 17.0 Å². The van der Waals surface area contributed by atoms with Gasteiger partial charge in [-0.2, -0.15) is 4.31 Å². The van der Waals surface area contributed by atoms with Gasteiger partial charge in [0.2, 0.25) is 10.0 Å². The maximum atomic E-state index is 13.5. The quantitative estimate of drug-likeness (QED) is 0.873. The van der Waals surface area contributed by atoms with Gasteiger partial charge in [-0.3, -0.25) is 0 Å². The zero-order chi connectivity index (χ0) is 16.8. The molecule has 0 aliphatic carbocycles. The van der Waals surface area contributed by atoms with E-state index in [0.717, 1.165) is 6.07 Å². The molecule has 3 rings (SSSR count). The lowest BCUT2D eigenvalue weighted by atomic mass is 9.93. The molecular formula is C14H16ClFN2O4S. The van der Waals surface area contributed by atoms with E-state index in [1.165, 1.54) is 17.3 Å². The fourth-order valence-electron chi connectivity index (χ4n) is 2.88. The average Bonchev–Trinajstić information content (AvgIpc) is 2.84. The van der Waals surface area contributed by atoms with Crippen molar-refractivity contribution in [3.05, 3.63) is 28.5 Å². The second-order valence-electron chi connectivity index (χ2n) is 5.86. The van der Waals surface area contributed by atoms with Gasteiger partial charge in [0.05, 0.1) is 11.6 Å². The highest BCUT2D eigenvalue weighted by molar-refractivity contribution is 7.89. The van der Waals surface area contributed by atoms with E-state index in [9.17, 15) is 17.6 Å². The van der Waals surface area contributed by atoms with Crippen LogP contribution in [0.4, 0.5) is 9.18 Å². The summed E-state index contributed by atoms with van der Waals surface area (Å²) < 4.78 is 45.5. The number of carbonyl (C=O) groups excluding carboxylic acids is 1. The monoisotopic (exact) mass is 362 g/mol. The highest BCUT2D eigenvalue weighted by atomic mass is 35.5. The standard InChI is InChI=1S/C14H16ClFN2O4S/c1-9-6-12(10(15)7-11(9)16)23(20,21)18-4-2-14(3-5-18)8-17-13(19)22-14/h6-7H,2-5,8H2,1H3,(H,17,19). The van der Waals surface area contributed by atoms with E-state index in [1.54, 1.807) is 0 Å². The predicted octanol–water partition coefficient (Wildman–Crippen LogP) is 2.05. The highest BCUT2D eigenvalue weighted by Gasteiger charge is 2.45. The number of rotatable bonds is 2. The number of nitrogens with zero attached hydrogens (tertiary/aromatic N) is 1. The Balaban J connectivity index is 1.82.